The van der Waals surface area contributed by atoms with Crippen molar-refractivity contribution in [1.29, 1.82) is 0 Å². The fourth-order valence-corrected chi connectivity index (χ4v) is 4.96. The first kappa shape index (κ1) is 23.0. The number of aliphatic hydroxyl groups excluding tert-OH is 1. The highest BCUT2D eigenvalue weighted by atomic mass is 127. The molecule has 1 aliphatic heterocycles. The van der Waals surface area contributed by atoms with Crippen LogP contribution in [0, 0.1) is 5.92 Å². The average molecular weight is 487 g/mol. The SMILES string of the molecule is CCNC(=NCC(O)C1CCCCC1)N1CCS(=O)(=O)C(C)(C)C1.I. The highest BCUT2D eigenvalue weighted by molar-refractivity contribution is 14.0. The number of sulfone groups is 1. The number of nitrogens with zero attached hydrogens (tertiary/aromatic N) is 2. The molecular weight excluding hydrogens is 453 g/mol. The Morgan fingerprint density at radius 1 is 1.32 bits per heavy atom. The summed E-state index contributed by atoms with van der Waals surface area (Å²) in [5.74, 6) is 1.22. The van der Waals surface area contributed by atoms with E-state index in [1.165, 1.54) is 19.3 Å². The lowest BCUT2D eigenvalue weighted by Gasteiger charge is -2.39. The number of aliphatic imine (C=N–C) groups is 1. The number of guanidine groups is 1. The monoisotopic (exact) mass is 487 g/mol. The van der Waals surface area contributed by atoms with Crippen LogP contribution in [0.1, 0.15) is 52.9 Å². The number of hydrogen-bond acceptors (Lipinski definition) is 4. The molecule has 6 nitrogen and oxygen atoms in total. The fraction of sp³-hybridized carbons (Fsp3) is 0.941. The third-order valence-electron chi connectivity index (χ3n) is 5.30. The summed E-state index contributed by atoms with van der Waals surface area (Å²) in [7, 11) is -3.06. The topological polar surface area (TPSA) is 82.0 Å². The van der Waals surface area contributed by atoms with E-state index in [0.717, 1.165) is 25.3 Å². The van der Waals surface area contributed by atoms with Crippen LogP contribution in [0.3, 0.4) is 0 Å². The Hall–Kier alpha value is -0.0900. The van der Waals surface area contributed by atoms with Gasteiger partial charge in [0, 0.05) is 19.6 Å². The Morgan fingerprint density at radius 2 is 1.96 bits per heavy atom. The van der Waals surface area contributed by atoms with Crippen molar-refractivity contribution in [1.82, 2.24) is 10.2 Å². The van der Waals surface area contributed by atoms with Crippen molar-refractivity contribution >= 4 is 39.8 Å². The minimum absolute atomic E-state index is 0. The number of rotatable bonds is 4. The van der Waals surface area contributed by atoms with E-state index in [-0.39, 0.29) is 29.7 Å². The largest absolute Gasteiger partial charge is 0.391 e. The van der Waals surface area contributed by atoms with Gasteiger partial charge in [-0.3, -0.25) is 4.99 Å². The molecule has 25 heavy (non-hydrogen) atoms. The Balaban J connectivity index is 0.00000312. The van der Waals surface area contributed by atoms with Gasteiger partial charge in [-0.2, -0.15) is 0 Å². The average Bonchev–Trinajstić information content (AvgIpc) is 2.54. The zero-order valence-corrected chi connectivity index (χ0v) is 18.8. The van der Waals surface area contributed by atoms with Crippen LogP contribution in [0.5, 0.6) is 0 Å². The van der Waals surface area contributed by atoms with Crippen molar-refractivity contribution in [2.75, 3.05) is 31.9 Å². The highest BCUT2D eigenvalue weighted by Gasteiger charge is 2.41. The first-order valence-electron chi connectivity index (χ1n) is 9.20. The predicted molar refractivity (Wildman–Crippen MR) is 113 cm³/mol. The molecule has 8 heteroatoms. The van der Waals surface area contributed by atoms with Gasteiger partial charge < -0.3 is 15.3 Å². The zero-order valence-electron chi connectivity index (χ0n) is 15.7. The number of halogens is 1. The van der Waals surface area contributed by atoms with Gasteiger partial charge in [0.25, 0.3) is 0 Å². The molecule has 1 saturated carbocycles. The van der Waals surface area contributed by atoms with Crippen LogP contribution in [0.25, 0.3) is 0 Å². The molecule has 0 radical (unpaired) electrons. The van der Waals surface area contributed by atoms with Gasteiger partial charge >= 0.3 is 0 Å². The second-order valence-corrected chi connectivity index (χ2v) is 10.4. The second-order valence-electron chi connectivity index (χ2n) is 7.66. The van der Waals surface area contributed by atoms with E-state index >= 15 is 0 Å². The zero-order chi connectivity index (χ0) is 17.8. The first-order chi connectivity index (χ1) is 11.3. The number of aliphatic hydroxyl groups is 1. The fourth-order valence-electron chi connectivity index (χ4n) is 3.60. The van der Waals surface area contributed by atoms with Crippen LogP contribution in [-0.2, 0) is 9.84 Å². The minimum atomic E-state index is -3.06. The summed E-state index contributed by atoms with van der Waals surface area (Å²) >= 11 is 0. The molecule has 2 aliphatic rings. The Kier molecular flexibility index (Phi) is 8.93. The maximum atomic E-state index is 12.2. The van der Waals surface area contributed by atoms with Crippen molar-refractivity contribution in [3.63, 3.8) is 0 Å². The molecule has 0 aromatic rings. The maximum Gasteiger partial charge on any atom is 0.194 e. The third-order valence-corrected chi connectivity index (χ3v) is 7.83. The molecule has 2 rings (SSSR count). The summed E-state index contributed by atoms with van der Waals surface area (Å²) in [6.07, 6.45) is 5.44. The smallest absolute Gasteiger partial charge is 0.194 e. The molecular formula is C17H34IN3O3S. The van der Waals surface area contributed by atoms with Gasteiger partial charge in [0.1, 0.15) is 0 Å². The molecule has 0 amide bonds. The van der Waals surface area contributed by atoms with E-state index in [1.807, 2.05) is 11.8 Å². The lowest BCUT2D eigenvalue weighted by Crippen LogP contribution is -2.57. The molecule has 1 atom stereocenters. The summed E-state index contributed by atoms with van der Waals surface area (Å²) in [5, 5.41) is 13.7. The van der Waals surface area contributed by atoms with Crippen LogP contribution in [0.15, 0.2) is 4.99 Å². The molecule has 1 unspecified atom stereocenters. The van der Waals surface area contributed by atoms with Gasteiger partial charge in [-0.05, 0) is 39.5 Å². The van der Waals surface area contributed by atoms with Crippen molar-refractivity contribution in [3.05, 3.63) is 0 Å². The minimum Gasteiger partial charge on any atom is -0.391 e. The summed E-state index contributed by atoms with van der Waals surface area (Å²) in [6, 6.07) is 0. The van der Waals surface area contributed by atoms with Gasteiger partial charge in [-0.25, -0.2) is 8.42 Å². The lowest BCUT2D eigenvalue weighted by atomic mass is 9.85. The summed E-state index contributed by atoms with van der Waals surface area (Å²) in [4.78, 5) is 6.62. The van der Waals surface area contributed by atoms with Crippen LogP contribution >= 0.6 is 24.0 Å². The quantitative estimate of drug-likeness (QED) is 0.360. The van der Waals surface area contributed by atoms with E-state index in [9.17, 15) is 13.5 Å². The molecule has 0 bridgehead atoms. The first-order valence-corrected chi connectivity index (χ1v) is 10.9. The molecule has 1 heterocycles. The van der Waals surface area contributed by atoms with Gasteiger partial charge in [-0.1, -0.05) is 19.3 Å². The maximum absolute atomic E-state index is 12.2. The molecule has 1 aliphatic carbocycles. The lowest BCUT2D eigenvalue weighted by molar-refractivity contribution is 0.0920. The van der Waals surface area contributed by atoms with Gasteiger partial charge in [-0.15, -0.1) is 24.0 Å². The van der Waals surface area contributed by atoms with E-state index in [2.05, 4.69) is 10.3 Å². The van der Waals surface area contributed by atoms with E-state index in [4.69, 9.17) is 0 Å². The summed E-state index contributed by atoms with van der Waals surface area (Å²) in [6.45, 7) is 7.54. The third kappa shape index (κ3) is 5.95. The summed E-state index contributed by atoms with van der Waals surface area (Å²) in [5.41, 5.74) is 0. The molecule has 2 fully saturated rings. The van der Waals surface area contributed by atoms with Gasteiger partial charge in [0.2, 0.25) is 0 Å². The van der Waals surface area contributed by atoms with Gasteiger partial charge in [0.15, 0.2) is 15.8 Å². The Labute approximate surface area is 169 Å². The van der Waals surface area contributed by atoms with Crippen LogP contribution in [0.2, 0.25) is 0 Å². The van der Waals surface area contributed by atoms with E-state index in [1.54, 1.807) is 13.8 Å². The Morgan fingerprint density at radius 3 is 2.52 bits per heavy atom. The number of hydrogen-bond donors (Lipinski definition) is 2. The molecule has 148 valence electrons. The van der Waals surface area contributed by atoms with E-state index in [0.29, 0.717) is 25.6 Å². The van der Waals surface area contributed by atoms with E-state index < -0.39 is 20.7 Å². The molecule has 2 N–H and O–H groups in total. The van der Waals surface area contributed by atoms with Gasteiger partial charge in [0.05, 0.1) is 23.1 Å². The predicted octanol–water partition coefficient (Wildman–Crippen LogP) is 2.02. The van der Waals surface area contributed by atoms with Crippen LogP contribution in [0.4, 0.5) is 0 Å². The second kappa shape index (κ2) is 9.73. The standard InChI is InChI=1S/C17H33N3O3S.HI/c1-4-18-16(19-12-15(21)14-8-6-5-7-9-14)20-10-11-24(22,23)17(2,3)13-20;/h14-15,21H,4-13H2,1-3H3,(H,18,19);1H. The molecule has 0 spiro atoms. The summed E-state index contributed by atoms with van der Waals surface area (Å²) < 4.78 is 23.6. The molecule has 1 saturated heterocycles. The Bertz CT molecular complexity index is 545. The van der Waals surface area contributed by atoms with Crippen molar-refractivity contribution in [2.45, 2.75) is 63.7 Å². The van der Waals surface area contributed by atoms with Crippen LogP contribution in [-0.4, -0.2) is 67.2 Å². The highest BCUT2D eigenvalue weighted by Crippen LogP contribution is 2.27. The normalized spacial score (nSPS) is 25.1. The van der Waals surface area contributed by atoms with Crippen LogP contribution < -0.4 is 5.32 Å². The number of nitrogens with one attached hydrogen (secondary N) is 1. The van der Waals surface area contributed by atoms with Crippen molar-refractivity contribution in [2.24, 2.45) is 10.9 Å². The molecule has 0 aromatic carbocycles. The van der Waals surface area contributed by atoms with Crippen molar-refractivity contribution in [3.8, 4) is 0 Å². The van der Waals surface area contributed by atoms with Crippen molar-refractivity contribution < 1.29 is 13.5 Å². The molecule has 0 aromatic heterocycles.